The second-order valence-electron chi connectivity index (χ2n) is 4.20. The largest absolute Gasteiger partial charge is 0.497 e. The van der Waals surface area contributed by atoms with E-state index in [9.17, 15) is 4.79 Å². The Morgan fingerprint density at radius 3 is 2.82 bits per heavy atom. The van der Waals surface area contributed by atoms with Crippen LogP contribution in [0.4, 0.5) is 0 Å². The number of benzene rings is 1. The van der Waals surface area contributed by atoms with Crippen LogP contribution in [0.1, 0.15) is 25.3 Å². The molecule has 1 rings (SSSR count). The van der Waals surface area contributed by atoms with Gasteiger partial charge in [0.2, 0.25) is 5.91 Å². The first-order valence-corrected chi connectivity index (χ1v) is 6.04. The summed E-state index contributed by atoms with van der Waals surface area (Å²) in [6.45, 7) is 2.96. The predicted octanol–water partition coefficient (Wildman–Crippen LogP) is 2.50. The molecule has 0 aromatic heterocycles. The lowest BCUT2D eigenvalue weighted by molar-refractivity contribution is -0.129. The monoisotopic (exact) mass is 235 g/mol. The van der Waals surface area contributed by atoms with Gasteiger partial charge in [-0.2, -0.15) is 0 Å². The summed E-state index contributed by atoms with van der Waals surface area (Å²) in [4.78, 5) is 13.7. The van der Waals surface area contributed by atoms with E-state index in [0.29, 0.717) is 6.42 Å². The Balaban J connectivity index is 2.54. The van der Waals surface area contributed by atoms with Gasteiger partial charge in [0.15, 0.2) is 0 Å². The summed E-state index contributed by atoms with van der Waals surface area (Å²) >= 11 is 0. The molecule has 0 aliphatic carbocycles. The molecule has 17 heavy (non-hydrogen) atoms. The molecule has 0 N–H and O–H groups in total. The molecule has 94 valence electrons. The van der Waals surface area contributed by atoms with E-state index in [1.807, 2.05) is 31.3 Å². The summed E-state index contributed by atoms with van der Waals surface area (Å²) in [6.07, 6.45) is 2.61. The molecule has 0 saturated carbocycles. The van der Waals surface area contributed by atoms with Crippen molar-refractivity contribution in [2.24, 2.45) is 0 Å². The highest BCUT2D eigenvalue weighted by atomic mass is 16.5. The van der Waals surface area contributed by atoms with E-state index < -0.39 is 0 Å². The van der Waals surface area contributed by atoms with E-state index in [4.69, 9.17) is 4.74 Å². The van der Waals surface area contributed by atoms with Crippen molar-refractivity contribution < 1.29 is 9.53 Å². The third-order valence-corrected chi connectivity index (χ3v) is 2.76. The van der Waals surface area contributed by atoms with Gasteiger partial charge in [0.05, 0.1) is 13.5 Å². The van der Waals surface area contributed by atoms with Crippen LogP contribution in [0.25, 0.3) is 0 Å². The zero-order chi connectivity index (χ0) is 12.7. The maximum Gasteiger partial charge on any atom is 0.226 e. The topological polar surface area (TPSA) is 29.5 Å². The van der Waals surface area contributed by atoms with Crippen molar-refractivity contribution in [1.29, 1.82) is 0 Å². The van der Waals surface area contributed by atoms with Gasteiger partial charge < -0.3 is 9.64 Å². The smallest absolute Gasteiger partial charge is 0.226 e. The van der Waals surface area contributed by atoms with Gasteiger partial charge >= 0.3 is 0 Å². The third kappa shape index (κ3) is 4.47. The summed E-state index contributed by atoms with van der Waals surface area (Å²) in [7, 11) is 3.49. The van der Waals surface area contributed by atoms with Gasteiger partial charge in [0.25, 0.3) is 0 Å². The Hall–Kier alpha value is -1.51. The van der Waals surface area contributed by atoms with Crippen LogP contribution in [0.5, 0.6) is 5.75 Å². The lowest BCUT2D eigenvalue weighted by atomic mass is 10.1. The van der Waals surface area contributed by atoms with Crippen molar-refractivity contribution in [1.82, 2.24) is 4.90 Å². The minimum Gasteiger partial charge on any atom is -0.497 e. The number of rotatable bonds is 6. The SMILES string of the molecule is CCCCN(C)C(=O)Cc1cccc(OC)c1. The van der Waals surface area contributed by atoms with E-state index in [1.165, 1.54) is 0 Å². The van der Waals surface area contributed by atoms with Crippen LogP contribution < -0.4 is 4.74 Å². The Morgan fingerprint density at radius 2 is 2.18 bits per heavy atom. The molecule has 0 radical (unpaired) electrons. The van der Waals surface area contributed by atoms with Crippen LogP contribution in [-0.4, -0.2) is 31.5 Å². The molecule has 3 heteroatoms. The number of carbonyl (C=O) groups is 1. The molecular weight excluding hydrogens is 214 g/mol. The van der Waals surface area contributed by atoms with Gasteiger partial charge in [-0.25, -0.2) is 0 Å². The molecule has 0 spiro atoms. The van der Waals surface area contributed by atoms with Crippen molar-refractivity contribution in [3.8, 4) is 5.75 Å². The number of ether oxygens (including phenoxy) is 1. The molecule has 0 fully saturated rings. The van der Waals surface area contributed by atoms with Gasteiger partial charge in [-0.3, -0.25) is 4.79 Å². The molecular formula is C14H21NO2. The maximum absolute atomic E-state index is 11.9. The first-order chi connectivity index (χ1) is 8.17. The molecule has 0 heterocycles. The number of unbranched alkanes of at least 4 members (excludes halogenated alkanes) is 1. The fourth-order valence-electron chi connectivity index (χ4n) is 1.61. The molecule has 0 aliphatic heterocycles. The van der Waals surface area contributed by atoms with E-state index in [2.05, 4.69) is 6.92 Å². The maximum atomic E-state index is 11.9. The Labute approximate surface area is 103 Å². The van der Waals surface area contributed by atoms with E-state index >= 15 is 0 Å². The van der Waals surface area contributed by atoms with Gasteiger partial charge in [-0.15, -0.1) is 0 Å². The average Bonchev–Trinajstić information content (AvgIpc) is 2.36. The van der Waals surface area contributed by atoms with Crippen LogP contribution in [-0.2, 0) is 11.2 Å². The van der Waals surface area contributed by atoms with Gasteiger partial charge in [-0.1, -0.05) is 25.5 Å². The second kappa shape index (κ2) is 6.94. The summed E-state index contributed by atoms with van der Waals surface area (Å²) in [5.74, 6) is 0.957. The van der Waals surface area contributed by atoms with E-state index in [1.54, 1.807) is 12.0 Å². The second-order valence-corrected chi connectivity index (χ2v) is 4.20. The lowest BCUT2D eigenvalue weighted by Crippen LogP contribution is -2.29. The van der Waals surface area contributed by atoms with Crippen molar-refractivity contribution in [2.45, 2.75) is 26.2 Å². The van der Waals surface area contributed by atoms with Crippen LogP contribution >= 0.6 is 0 Å². The van der Waals surface area contributed by atoms with Crippen LogP contribution in [0, 0.1) is 0 Å². The molecule has 1 aromatic carbocycles. The van der Waals surface area contributed by atoms with E-state index in [0.717, 1.165) is 30.7 Å². The van der Waals surface area contributed by atoms with Gasteiger partial charge in [0.1, 0.15) is 5.75 Å². The Bertz CT molecular complexity index is 363. The molecule has 0 aliphatic rings. The highest BCUT2D eigenvalue weighted by molar-refractivity contribution is 5.78. The first kappa shape index (κ1) is 13.6. The number of nitrogens with zero attached hydrogens (tertiary/aromatic N) is 1. The average molecular weight is 235 g/mol. The zero-order valence-electron chi connectivity index (χ0n) is 10.9. The normalized spacial score (nSPS) is 10.1. The lowest BCUT2D eigenvalue weighted by Gasteiger charge is -2.16. The first-order valence-electron chi connectivity index (χ1n) is 6.04. The molecule has 0 unspecified atom stereocenters. The predicted molar refractivity (Wildman–Crippen MR) is 69.2 cm³/mol. The summed E-state index contributed by atoms with van der Waals surface area (Å²) in [5.41, 5.74) is 0.998. The number of amides is 1. The summed E-state index contributed by atoms with van der Waals surface area (Å²) in [6, 6.07) is 7.65. The minimum atomic E-state index is 0.159. The molecule has 1 amide bonds. The Morgan fingerprint density at radius 1 is 1.41 bits per heavy atom. The Kier molecular flexibility index (Phi) is 5.53. The van der Waals surface area contributed by atoms with Crippen LogP contribution in [0.3, 0.4) is 0 Å². The number of likely N-dealkylation sites (N-methyl/N-ethyl adjacent to an activating group) is 1. The number of methoxy groups -OCH3 is 1. The molecule has 1 aromatic rings. The van der Waals surface area contributed by atoms with Gasteiger partial charge in [-0.05, 0) is 24.1 Å². The van der Waals surface area contributed by atoms with Crippen LogP contribution in [0.15, 0.2) is 24.3 Å². The molecule has 0 saturated heterocycles. The highest BCUT2D eigenvalue weighted by Crippen LogP contribution is 2.13. The van der Waals surface area contributed by atoms with Crippen molar-refractivity contribution >= 4 is 5.91 Å². The molecule has 0 atom stereocenters. The quantitative estimate of drug-likeness (QED) is 0.758. The number of carbonyl (C=O) groups excluding carboxylic acids is 1. The summed E-state index contributed by atoms with van der Waals surface area (Å²) < 4.78 is 5.14. The fraction of sp³-hybridized carbons (Fsp3) is 0.500. The standard InChI is InChI=1S/C14H21NO2/c1-4-5-9-15(2)14(16)11-12-7-6-8-13(10-12)17-3/h6-8,10H,4-5,9,11H2,1-3H3. The number of hydrogen-bond donors (Lipinski definition) is 0. The van der Waals surface area contributed by atoms with Gasteiger partial charge in [0, 0.05) is 13.6 Å². The van der Waals surface area contributed by atoms with Crippen molar-refractivity contribution in [3.63, 3.8) is 0 Å². The highest BCUT2D eigenvalue weighted by Gasteiger charge is 2.09. The third-order valence-electron chi connectivity index (χ3n) is 2.76. The van der Waals surface area contributed by atoms with E-state index in [-0.39, 0.29) is 5.91 Å². The zero-order valence-corrected chi connectivity index (χ0v) is 10.9. The molecule has 0 bridgehead atoms. The summed E-state index contributed by atoms with van der Waals surface area (Å²) in [5, 5.41) is 0. The van der Waals surface area contributed by atoms with Crippen molar-refractivity contribution in [3.05, 3.63) is 29.8 Å². The minimum absolute atomic E-state index is 0.159. The number of hydrogen-bond acceptors (Lipinski definition) is 2. The molecule has 3 nitrogen and oxygen atoms in total. The fourth-order valence-corrected chi connectivity index (χ4v) is 1.61. The van der Waals surface area contributed by atoms with Crippen LogP contribution in [0.2, 0.25) is 0 Å². The van der Waals surface area contributed by atoms with Crippen molar-refractivity contribution in [2.75, 3.05) is 20.7 Å².